The zero-order valence-electron chi connectivity index (χ0n) is 14.5. The van der Waals surface area contributed by atoms with E-state index >= 15 is 0 Å². The zero-order valence-corrected chi connectivity index (χ0v) is 14.5. The molecule has 0 rings (SSSR count). The molecule has 0 aromatic heterocycles. The van der Waals surface area contributed by atoms with E-state index in [-0.39, 0.29) is 19.5 Å². The highest BCUT2D eigenvalue weighted by Crippen LogP contribution is 2.11. The van der Waals surface area contributed by atoms with Crippen LogP contribution in [-0.2, 0) is 19.2 Å². The van der Waals surface area contributed by atoms with Crippen molar-refractivity contribution in [3.63, 3.8) is 0 Å². The van der Waals surface area contributed by atoms with E-state index in [2.05, 4.69) is 0 Å². The van der Waals surface area contributed by atoms with Crippen molar-refractivity contribution in [2.75, 3.05) is 39.3 Å². The molecule has 0 spiro atoms. The number of unbranched alkanes of at least 4 members (excludes halogenated alkanes) is 2. The number of nitrogens with zero attached hydrogens (tertiary/aromatic N) is 2. The van der Waals surface area contributed by atoms with Gasteiger partial charge in [-0.2, -0.15) is 0 Å². The first kappa shape index (κ1) is 23.8. The molecule has 0 fully saturated rings. The molecule has 11 nitrogen and oxygen atoms in total. The number of aliphatic carboxylic acids is 4. The van der Waals surface area contributed by atoms with Crippen LogP contribution in [0, 0.1) is 0 Å². The van der Waals surface area contributed by atoms with Crippen LogP contribution in [-0.4, -0.2) is 99.4 Å². The van der Waals surface area contributed by atoms with Gasteiger partial charge >= 0.3 is 23.9 Å². The van der Waals surface area contributed by atoms with Crippen molar-refractivity contribution in [3.05, 3.63) is 0 Å². The molecule has 1 unspecified atom stereocenters. The molecule has 0 heterocycles. The van der Waals surface area contributed by atoms with E-state index in [1.54, 1.807) is 0 Å². The largest absolute Gasteiger partial charge is 0.480 e. The van der Waals surface area contributed by atoms with E-state index in [1.807, 2.05) is 0 Å². The Kier molecular flexibility index (Phi) is 11.9. The van der Waals surface area contributed by atoms with Gasteiger partial charge in [-0.3, -0.25) is 29.0 Å². The second-order valence-electron chi connectivity index (χ2n) is 5.85. The lowest BCUT2D eigenvalue weighted by atomic mass is 10.1. The van der Waals surface area contributed by atoms with Gasteiger partial charge in [0.15, 0.2) is 0 Å². The van der Waals surface area contributed by atoms with Crippen LogP contribution in [0.5, 0.6) is 0 Å². The SMILES string of the molecule is NCCCCCC(C(=O)O)N(CCN(CC(=O)O)CC(=O)O)CC(=O)O. The number of hydrogen-bond acceptors (Lipinski definition) is 7. The zero-order chi connectivity index (χ0) is 20.1. The molecule has 0 aliphatic heterocycles. The minimum atomic E-state index is -1.23. The Morgan fingerprint density at radius 2 is 1.31 bits per heavy atom. The standard InChI is InChI=1S/C15H27N3O8/c16-5-3-1-2-4-11(15(25)26)18(10-14(23)24)7-6-17(8-12(19)20)9-13(21)22/h11H,1-10,16H2,(H,19,20)(H,21,22)(H,23,24)(H,25,26). The molecule has 150 valence electrons. The Labute approximate surface area is 151 Å². The number of carboxylic acid groups (broad SMARTS) is 4. The number of hydrogen-bond donors (Lipinski definition) is 5. The fourth-order valence-electron chi connectivity index (χ4n) is 2.51. The summed E-state index contributed by atoms with van der Waals surface area (Å²) >= 11 is 0. The van der Waals surface area contributed by atoms with Crippen LogP contribution in [0.3, 0.4) is 0 Å². The first-order valence-corrected chi connectivity index (χ1v) is 8.22. The molecular weight excluding hydrogens is 350 g/mol. The molecule has 0 amide bonds. The van der Waals surface area contributed by atoms with E-state index in [9.17, 15) is 24.3 Å². The van der Waals surface area contributed by atoms with Crippen LogP contribution < -0.4 is 5.73 Å². The van der Waals surface area contributed by atoms with Crippen molar-refractivity contribution in [1.29, 1.82) is 0 Å². The molecule has 0 aromatic rings. The van der Waals surface area contributed by atoms with Crippen LogP contribution in [0.1, 0.15) is 25.7 Å². The van der Waals surface area contributed by atoms with Gasteiger partial charge < -0.3 is 26.2 Å². The smallest absolute Gasteiger partial charge is 0.320 e. The minimum Gasteiger partial charge on any atom is -0.480 e. The lowest BCUT2D eigenvalue weighted by molar-refractivity contribution is -0.148. The second kappa shape index (κ2) is 13.0. The molecule has 26 heavy (non-hydrogen) atoms. The maximum atomic E-state index is 11.5. The Bertz CT molecular complexity index is 470. The van der Waals surface area contributed by atoms with E-state index in [0.717, 1.165) is 11.3 Å². The third-order valence-corrected chi connectivity index (χ3v) is 3.67. The predicted molar refractivity (Wildman–Crippen MR) is 89.9 cm³/mol. The van der Waals surface area contributed by atoms with Gasteiger partial charge in [0, 0.05) is 13.1 Å². The van der Waals surface area contributed by atoms with Crippen molar-refractivity contribution in [1.82, 2.24) is 9.80 Å². The summed E-state index contributed by atoms with van der Waals surface area (Å²) < 4.78 is 0. The van der Waals surface area contributed by atoms with Gasteiger partial charge in [-0.15, -0.1) is 0 Å². The first-order chi connectivity index (χ1) is 12.2. The number of rotatable bonds is 16. The number of carbonyl (C=O) groups is 4. The fraction of sp³-hybridized carbons (Fsp3) is 0.733. The monoisotopic (exact) mass is 377 g/mol. The number of carboxylic acids is 4. The summed E-state index contributed by atoms with van der Waals surface area (Å²) in [6.45, 7) is -1.31. The molecule has 0 saturated carbocycles. The van der Waals surface area contributed by atoms with E-state index in [1.165, 1.54) is 4.90 Å². The summed E-state index contributed by atoms with van der Waals surface area (Å²) in [6, 6.07) is -1.06. The average molecular weight is 377 g/mol. The van der Waals surface area contributed by atoms with Gasteiger partial charge in [0.25, 0.3) is 0 Å². The third-order valence-electron chi connectivity index (χ3n) is 3.67. The Hall–Kier alpha value is -2.24. The van der Waals surface area contributed by atoms with Gasteiger partial charge in [-0.25, -0.2) is 0 Å². The maximum Gasteiger partial charge on any atom is 0.320 e. The van der Waals surface area contributed by atoms with Gasteiger partial charge in [0.1, 0.15) is 6.04 Å². The van der Waals surface area contributed by atoms with Gasteiger partial charge in [0.05, 0.1) is 19.6 Å². The molecule has 0 aromatic carbocycles. The molecule has 1 atom stereocenters. The predicted octanol–water partition coefficient (Wildman–Crippen LogP) is -1.18. The summed E-state index contributed by atoms with van der Waals surface area (Å²) in [4.78, 5) is 46.5. The van der Waals surface area contributed by atoms with Crippen molar-refractivity contribution in [3.8, 4) is 0 Å². The van der Waals surface area contributed by atoms with Crippen LogP contribution in [0.25, 0.3) is 0 Å². The number of nitrogens with two attached hydrogens (primary N) is 1. The summed E-state index contributed by atoms with van der Waals surface area (Å²) in [7, 11) is 0. The molecule has 11 heteroatoms. The van der Waals surface area contributed by atoms with Crippen LogP contribution in [0.15, 0.2) is 0 Å². The quantitative estimate of drug-likeness (QED) is 0.204. The van der Waals surface area contributed by atoms with Crippen molar-refractivity contribution < 1.29 is 39.6 Å². The normalized spacial score (nSPS) is 12.3. The first-order valence-electron chi connectivity index (χ1n) is 8.22. The van der Waals surface area contributed by atoms with E-state index in [0.29, 0.717) is 19.4 Å². The second-order valence-corrected chi connectivity index (χ2v) is 5.85. The lowest BCUT2D eigenvalue weighted by Crippen LogP contribution is -2.48. The Balaban J connectivity index is 4.99. The van der Waals surface area contributed by atoms with Crippen molar-refractivity contribution in [2.24, 2.45) is 5.73 Å². The van der Waals surface area contributed by atoms with Crippen LogP contribution >= 0.6 is 0 Å². The fourth-order valence-corrected chi connectivity index (χ4v) is 2.51. The minimum absolute atomic E-state index is 0.0826. The molecule has 0 aliphatic carbocycles. The van der Waals surface area contributed by atoms with E-state index < -0.39 is 49.6 Å². The lowest BCUT2D eigenvalue weighted by Gasteiger charge is -2.29. The molecule has 0 radical (unpaired) electrons. The highest BCUT2D eigenvalue weighted by atomic mass is 16.4. The Morgan fingerprint density at radius 1 is 0.769 bits per heavy atom. The molecule has 6 N–H and O–H groups in total. The molecule has 0 bridgehead atoms. The van der Waals surface area contributed by atoms with Gasteiger partial charge in [-0.05, 0) is 19.4 Å². The summed E-state index contributed by atoms with van der Waals surface area (Å²) in [5.74, 6) is -4.86. The third kappa shape index (κ3) is 11.3. The summed E-state index contributed by atoms with van der Waals surface area (Å²) in [5, 5.41) is 36.1. The topological polar surface area (TPSA) is 182 Å². The summed E-state index contributed by atoms with van der Waals surface area (Å²) in [5.41, 5.74) is 5.39. The highest BCUT2D eigenvalue weighted by Gasteiger charge is 2.27. The van der Waals surface area contributed by atoms with Gasteiger partial charge in [-0.1, -0.05) is 12.8 Å². The molecule has 0 saturated heterocycles. The maximum absolute atomic E-state index is 11.5. The summed E-state index contributed by atoms with van der Waals surface area (Å²) in [6.07, 6.45) is 2.22. The van der Waals surface area contributed by atoms with Crippen LogP contribution in [0.4, 0.5) is 0 Å². The van der Waals surface area contributed by atoms with Crippen molar-refractivity contribution >= 4 is 23.9 Å². The molecule has 0 aliphatic rings. The average Bonchev–Trinajstić information content (AvgIpc) is 2.49. The van der Waals surface area contributed by atoms with Crippen molar-refractivity contribution in [2.45, 2.75) is 31.7 Å². The van der Waals surface area contributed by atoms with Gasteiger partial charge in [0.2, 0.25) is 0 Å². The molecular formula is C15H27N3O8. The van der Waals surface area contributed by atoms with Crippen LogP contribution in [0.2, 0.25) is 0 Å². The van der Waals surface area contributed by atoms with E-state index in [4.69, 9.17) is 21.1 Å². The Morgan fingerprint density at radius 3 is 1.73 bits per heavy atom. The highest BCUT2D eigenvalue weighted by molar-refractivity contribution is 5.75.